The van der Waals surface area contributed by atoms with Gasteiger partial charge >= 0.3 is 5.76 Å². The molecule has 0 bridgehead atoms. The Morgan fingerprint density at radius 2 is 1.95 bits per heavy atom. The van der Waals surface area contributed by atoms with Crippen molar-refractivity contribution in [1.82, 2.24) is 4.57 Å². The molecule has 0 radical (unpaired) electrons. The molecule has 3 aromatic rings. The molecule has 0 unspecified atom stereocenters. The second kappa shape index (κ2) is 5.85. The number of rotatable bonds is 5. The summed E-state index contributed by atoms with van der Waals surface area (Å²) in [7, 11) is 0. The molecule has 0 aliphatic heterocycles. The van der Waals surface area contributed by atoms with E-state index in [0.717, 1.165) is 11.0 Å². The van der Waals surface area contributed by atoms with Gasteiger partial charge in [-0.2, -0.15) is 0 Å². The zero-order chi connectivity index (χ0) is 14.7. The summed E-state index contributed by atoms with van der Waals surface area (Å²) in [5, 5.41) is 9.11. The van der Waals surface area contributed by atoms with Gasteiger partial charge in [0.2, 0.25) is 0 Å². The number of ether oxygens (including phenoxy) is 1. The minimum atomic E-state index is -0.575. The molecule has 0 atom stereocenters. The molecular formula is C16H15NO4. The van der Waals surface area contributed by atoms with Crippen LogP contribution in [0.25, 0.3) is 11.1 Å². The van der Waals surface area contributed by atoms with Crippen molar-refractivity contribution in [2.75, 3.05) is 6.61 Å². The van der Waals surface area contributed by atoms with Crippen LogP contribution >= 0.6 is 0 Å². The first-order valence-corrected chi connectivity index (χ1v) is 6.69. The minimum Gasteiger partial charge on any atom is -0.493 e. The van der Waals surface area contributed by atoms with Gasteiger partial charge in [-0.1, -0.05) is 30.3 Å². The SMILES string of the molecule is O=c1oc2cc(OCCc3ccccc3)ccc2n1CO. The maximum atomic E-state index is 11.5. The fourth-order valence-electron chi connectivity index (χ4n) is 2.20. The molecule has 1 N–H and O–H groups in total. The molecule has 0 saturated carbocycles. The van der Waals surface area contributed by atoms with Gasteiger partial charge in [-0.3, -0.25) is 4.57 Å². The maximum absolute atomic E-state index is 11.5. The van der Waals surface area contributed by atoms with E-state index in [1.54, 1.807) is 18.2 Å². The Labute approximate surface area is 121 Å². The Balaban J connectivity index is 1.72. The zero-order valence-electron chi connectivity index (χ0n) is 11.4. The lowest BCUT2D eigenvalue weighted by molar-refractivity contribution is 0.204. The lowest BCUT2D eigenvalue weighted by Gasteiger charge is -2.06. The maximum Gasteiger partial charge on any atom is 0.421 e. The number of nitrogens with zero attached hydrogens (tertiary/aromatic N) is 1. The summed E-state index contributed by atoms with van der Waals surface area (Å²) < 4.78 is 11.9. The van der Waals surface area contributed by atoms with Crippen molar-refractivity contribution in [3.05, 3.63) is 64.6 Å². The molecular weight excluding hydrogens is 270 g/mol. The summed E-state index contributed by atoms with van der Waals surface area (Å²) in [5.74, 6) is 0.0613. The number of benzene rings is 2. The number of fused-ring (bicyclic) bond motifs is 1. The molecule has 108 valence electrons. The Bertz CT molecular complexity index is 789. The van der Waals surface area contributed by atoms with Gasteiger partial charge in [-0.05, 0) is 17.7 Å². The molecule has 1 heterocycles. The van der Waals surface area contributed by atoms with Crippen LogP contribution in [-0.4, -0.2) is 16.3 Å². The minimum absolute atomic E-state index is 0.403. The zero-order valence-corrected chi connectivity index (χ0v) is 11.4. The van der Waals surface area contributed by atoms with Crippen LogP contribution in [0.15, 0.2) is 57.7 Å². The predicted molar refractivity (Wildman–Crippen MR) is 78.3 cm³/mol. The van der Waals surface area contributed by atoms with Crippen LogP contribution in [0.3, 0.4) is 0 Å². The summed E-state index contributed by atoms with van der Waals surface area (Å²) in [6.07, 6.45) is 0.806. The molecule has 0 aliphatic rings. The third-order valence-corrected chi connectivity index (χ3v) is 3.28. The molecule has 0 aliphatic carbocycles. The second-order valence-corrected chi connectivity index (χ2v) is 4.65. The Morgan fingerprint density at radius 1 is 1.14 bits per heavy atom. The highest BCUT2D eigenvalue weighted by Crippen LogP contribution is 2.20. The second-order valence-electron chi connectivity index (χ2n) is 4.65. The van der Waals surface area contributed by atoms with Crippen molar-refractivity contribution in [1.29, 1.82) is 0 Å². The van der Waals surface area contributed by atoms with E-state index in [0.29, 0.717) is 23.5 Å². The smallest absolute Gasteiger partial charge is 0.421 e. The third-order valence-electron chi connectivity index (χ3n) is 3.28. The molecule has 0 saturated heterocycles. The topological polar surface area (TPSA) is 64.6 Å². The number of oxazole rings is 1. The summed E-state index contributed by atoms with van der Waals surface area (Å²) in [4.78, 5) is 11.5. The van der Waals surface area contributed by atoms with Crippen molar-refractivity contribution in [2.45, 2.75) is 13.2 Å². The fraction of sp³-hybridized carbons (Fsp3) is 0.188. The standard InChI is InChI=1S/C16H15NO4/c18-11-17-14-7-6-13(10-15(14)21-16(17)19)20-9-8-12-4-2-1-3-5-12/h1-7,10,18H,8-9,11H2. The molecule has 1 aromatic heterocycles. The highest BCUT2D eigenvalue weighted by atomic mass is 16.5. The lowest BCUT2D eigenvalue weighted by Crippen LogP contribution is -2.13. The van der Waals surface area contributed by atoms with E-state index in [2.05, 4.69) is 0 Å². The van der Waals surface area contributed by atoms with E-state index in [1.165, 1.54) is 5.56 Å². The predicted octanol–water partition coefficient (Wildman–Crippen LogP) is 2.17. The quantitative estimate of drug-likeness (QED) is 0.780. The highest BCUT2D eigenvalue weighted by Gasteiger charge is 2.09. The molecule has 3 rings (SSSR count). The Hall–Kier alpha value is -2.53. The first-order valence-electron chi connectivity index (χ1n) is 6.69. The molecule has 0 fully saturated rings. The summed E-state index contributed by atoms with van der Waals surface area (Å²) in [6, 6.07) is 15.2. The van der Waals surface area contributed by atoms with Gasteiger partial charge < -0.3 is 14.3 Å². The molecule has 0 amide bonds. The van der Waals surface area contributed by atoms with E-state index in [9.17, 15) is 4.79 Å². The number of hydrogen-bond acceptors (Lipinski definition) is 4. The summed E-state index contributed by atoms with van der Waals surface area (Å²) in [6.45, 7) is 0.139. The number of aliphatic hydroxyl groups is 1. The van der Waals surface area contributed by atoms with Gasteiger partial charge in [0.1, 0.15) is 12.5 Å². The largest absolute Gasteiger partial charge is 0.493 e. The van der Waals surface area contributed by atoms with Gasteiger partial charge in [0.05, 0.1) is 12.1 Å². The van der Waals surface area contributed by atoms with Crippen LogP contribution < -0.4 is 10.5 Å². The third kappa shape index (κ3) is 2.83. The normalized spacial score (nSPS) is 10.9. The summed E-state index contributed by atoms with van der Waals surface area (Å²) in [5.41, 5.74) is 2.17. The first kappa shape index (κ1) is 13.5. The highest BCUT2D eigenvalue weighted by molar-refractivity contribution is 5.74. The lowest BCUT2D eigenvalue weighted by atomic mass is 10.2. The number of aliphatic hydroxyl groups excluding tert-OH is 1. The van der Waals surface area contributed by atoms with Crippen LogP contribution in [0.4, 0.5) is 0 Å². The van der Waals surface area contributed by atoms with Crippen molar-refractivity contribution < 1.29 is 14.3 Å². The van der Waals surface area contributed by atoms with E-state index in [-0.39, 0.29) is 0 Å². The average Bonchev–Trinajstić information content (AvgIpc) is 2.82. The van der Waals surface area contributed by atoms with Gasteiger partial charge in [-0.25, -0.2) is 4.79 Å². The van der Waals surface area contributed by atoms with Crippen molar-refractivity contribution in [3.8, 4) is 5.75 Å². The summed E-state index contributed by atoms with van der Waals surface area (Å²) >= 11 is 0. The molecule has 5 heteroatoms. The number of aromatic nitrogens is 1. The monoisotopic (exact) mass is 285 g/mol. The fourth-order valence-corrected chi connectivity index (χ4v) is 2.20. The van der Waals surface area contributed by atoms with E-state index >= 15 is 0 Å². The van der Waals surface area contributed by atoms with Crippen molar-refractivity contribution >= 4 is 11.1 Å². The van der Waals surface area contributed by atoms with Gasteiger partial charge in [-0.15, -0.1) is 0 Å². The van der Waals surface area contributed by atoms with E-state index in [4.69, 9.17) is 14.3 Å². The molecule has 0 spiro atoms. The van der Waals surface area contributed by atoms with Crippen LogP contribution in [0.2, 0.25) is 0 Å². The van der Waals surface area contributed by atoms with Crippen LogP contribution in [-0.2, 0) is 13.2 Å². The molecule has 21 heavy (non-hydrogen) atoms. The van der Waals surface area contributed by atoms with Crippen molar-refractivity contribution in [2.24, 2.45) is 0 Å². The van der Waals surface area contributed by atoms with E-state index in [1.807, 2.05) is 30.3 Å². The number of hydrogen-bond donors (Lipinski definition) is 1. The van der Waals surface area contributed by atoms with Gasteiger partial charge in [0.25, 0.3) is 0 Å². The Morgan fingerprint density at radius 3 is 2.71 bits per heavy atom. The van der Waals surface area contributed by atoms with Crippen LogP contribution in [0.5, 0.6) is 5.75 Å². The molecule has 2 aromatic carbocycles. The molecule has 5 nitrogen and oxygen atoms in total. The van der Waals surface area contributed by atoms with E-state index < -0.39 is 12.5 Å². The first-order chi connectivity index (χ1) is 10.3. The van der Waals surface area contributed by atoms with Crippen molar-refractivity contribution in [3.63, 3.8) is 0 Å². The van der Waals surface area contributed by atoms with Crippen LogP contribution in [0, 0.1) is 0 Å². The van der Waals surface area contributed by atoms with Gasteiger partial charge in [0, 0.05) is 12.5 Å². The van der Waals surface area contributed by atoms with Crippen LogP contribution in [0.1, 0.15) is 5.56 Å². The van der Waals surface area contributed by atoms with Gasteiger partial charge in [0.15, 0.2) is 5.58 Å². The average molecular weight is 285 g/mol. The Kier molecular flexibility index (Phi) is 3.75.